The first kappa shape index (κ1) is 14.0. The maximum Gasteiger partial charge on any atom is 0.233 e. The van der Waals surface area contributed by atoms with Crippen molar-refractivity contribution in [3.8, 4) is 5.88 Å². The average molecular weight is 255 g/mol. The molecule has 0 spiro atoms. The number of anilines is 1. The fourth-order valence-corrected chi connectivity index (χ4v) is 2.24. The van der Waals surface area contributed by atoms with Crippen LogP contribution in [0, 0.1) is 0 Å². The minimum absolute atomic E-state index is 0.356. The van der Waals surface area contributed by atoms with E-state index in [1.807, 2.05) is 19.0 Å². The molecule has 1 rings (SSSR count). The van der Waals surface area contributed by atoms with Gasteiger partial charge in [0.15, 0.2) is 5.13 Å². The molecule has 1 aromatic heterocycles. The molecule has 0 aliphatic carbocycles. The van der Waals surface area contributed by atoms with Crippen molar-refractivity contribution >= 4 is 22.5 Å². The van der Waals surface area contributed by atoms with E-state index in [-0.39, 0.29) is 0 Å². The van der Waals surface area contributed by atoms with Gasteiger partial charge < -0.3 is 15.0 Å². The smallest absolute Gasteiger partial charge is 0.233 e. The van der Waals surface area contributed by atoms with Crippen LogP contribution in [0.15, 0.2) is 6.08 Å². The lowest BCUT2D eigenvalue weighted by Gasteiger charge is -2.05. The molecule has 17 heavy (non-hydrogen) atoms. The Kier molecular flexibility index (Phi) is 5.44. The third-order valence-corrected chi connectivity index (χ3v) is 3.42. The Labute approximate surface area is 107 Å². The van der Waals surface area contributed by atoms with E-state index in [4.69, 9.17) is 4.74 Å². The second-order valence-corrected chi connectivity index (χ2v) is 4.98. The van der Waals surface area contributed by atoms with E-state index in [1.54, 1.807) is 18.4 Å². The highest BCUT2D eigenvalue weighted by atomic mass is 32.1. The highest BCUT2D eigenvalue weighted by Gasteiger charge is 2.10. The molecule has 1 atom stereocenters. The number of aromatic nitrogens is 1. The number of methoxy groups -OCH3 is 1. The van der Waals surface area contributed by atoms with Crippen LogP contribution in [-0.2, 0) is 0 Å². The predicted octanol–water partition coefficient (Wildman–Crippen LogP) is 2.23. The zero-order valence-corrected chi connectivity index (χ0v) is 12.0. The molecule has 1 heterocycles. The van der Waals surface area contributed by atoms with Gasteiger partial charge in [0.05, 0.1) is 12.0 Å². The van der Waals surface area contributed by atoms with Crippen molar-refractivity contribution in [2.24, 2.45) is 0 Å². The first-order chi connectivity index (χ1) is 8.08. The summed E-state index contributed by atoms with van der Waals surface area (Å²) in [5.41, 5.74) is 0. The predicted molar refractivity (Wildman–Crippen MR) is 75.2 cm³/mol. The molecule has 0 saturated heterocycles. The molecule has 5 heteroatoms. The fourth-order valence-electron chi connectivity index (χ4n) is 1.37. The minimum atomic E-state index is 0.356. The van der Waals surface area contributed by atoms with Crippen LogP contribution in [0.25, 0.3) is 6.08 Å². The highest BCUT2D eigenvalue weighted by Crippen LogP contribution is 2.31. The number of nitrogens with one attached hydrogen (secondary N) is 1. The van der Waals surface area contributed by atoms with E-state index >= 15 is 0 Å². The summed E-state index contributed by atoms with van der Waals surface area (Å²) in [4.78, 5) is 7.44. The quantitative estimate of drug-likeness (QED) is 0.846. The molecule has 1 unspecified atom stereocenters. The SMILES string of the molecule is CCNC(C)/C=C/c1sc(N(C)C)nc1OC. The third kappa shape index (κ3) is 4.02. The van der Waals surface area contributed by atoms with Crippen molar-refractivity contribution in [1.29, 1.82) is 0 Å². The van der Waals surface area contributed by atoms with Gasteiger partial charge in [-0.1, -0.05) is 24.3 Å². The molecule has 0 aromatic carbocycles. The van der Waals surface area contributed by atoms with Crippen molar-refractivity contribution in [3.05, 3.63) is 11.0 Å². The molecule has 0 radical (unpaired) electrons. The summed E-state index contributed by atoms with van der Waals surface area (Å²) in [5, 5.41) is 4.29. The Bertz CT molecular complexity index is 374. The maximum absolute atomic E-state index is 5.27. The Morgan fingerprint density at radius 1 is 1.53 bits per heavy atom. The van der Waals surface area contributed by atoms with Crippen LogP contribution in [-0.4, -0.2) is 38.8 Å². The van der Waals surface area contributed by atoms with Gasteiger partial charge >= 0.3 is 0 Å². The lowest BCUT2D eigenvalue weighted by molar-refractivity contribution is 0.400. The molecule has 0 amide bonds. The number of hydrogen-bond donors (Lipinski definition) is 1. The molecule has 0 saturated carbocycles. The average Bonchev–Trinajstić information content (AvgIpc) is 2.70. The lowest BCUT2D eigenvalue weighted by atomic mass is 10.3. The molecule has 4 nitrogen and oxygen atoms in total. The van der Waals surface area contributed by atoms with Gasteiger partial charge in [0, 0.05) is 20.1 Å². The highest BCUT2D eigenvalue weighted by molar-refractivity contribution is 7.16. The second kappa shape index (κ2) is 6.61. The van der Waals surface area contributed by atoms with Crippen LogP contribution in [0.5, 0.6) is 5.88 Å². The summed E-state index contributed by atoms with van der Waals surface area (Å²) in [7, 11) is 5.61. The summed E-state index contributed by atoms with van der Waals surface area (Å²) < 4.78 is 5.27. The van der Waals surface area contributed by atoms with Crippen molar-refractivity contribution in [1.82, 2.24) is 10.3 Å². The van der Waals surface area contributed by atoms with Gasteiger partial charge in [-0.25, -0.2) is 0 Å². The van der Waals surface area contributed by atoms with Crippen molar-refractivity contribution in [2.45, 2.75) is 19.9 Å². The first-order valence-corrected chi connectivity index (χ1v) is 6.53. The second-order valence-electron chi connectivity index (χ2n) is 3.97. The van der Waals surface area contributed by atoms with Gasteiger partial charge in [-0.3, -0.25) is 0 Å². The van der Waals surface area contributed by atoms with Crippen LogP contribution in [0.1, 0.15) is 18.7 Å². The number of rotatable bonds is 6. The van der Waals surface area contributed by atoms with Crippen molar-refractivity contribution in [3.63, 3.8) is 0 Å². The van der Waals surface area contributed by atoms with E-state index in [0.717, 1.165) is 16.6 Å². The molecule has 96 valence electrons. The molecule has 0 aliphatic heterocycles. The Balaban J connectivity index is 2.82. The van der Waals surface area contributed by atoms with Gasteiger partial charge in [-0.05, 0) is 19.5 Å². The summed E-state index contributed by atoms with van der Waals surface area (Å²) in [5.74, 6) is 0.693. The summed E-state index contributed by atoms with van der Waals surface area (Å²) in [6.45, 7) is 5.19. The van der Waals surface area contributed by atoms with E-state index in [2.05, 4.69) is 36.3 Å². The number of thiazole rings is 1. The lowest BCUT2D eigenvalue weighted by Crippen LogP contribution is -2.22. The topological polar surface area (TPSA) is 37.4 Å². The Morgan fingerprint density at radius 2 is 2.24 bits per heavy atom. The molecular weight excluding hydrogens is 234 g/mol. The number of hydrogen-bond acceptors (Lipinski definition) is 5. The Hall–Kier alpha value is -1.07. The van der Waals surface area contributed by atoms with Gasteiger partial charge in [-0.15, -0.1) is 0 Å². The van der Waals surface area contributed by atoms with E-state index < -0.39 is 0 Å². The number of likely N-dealkylation sites (N-methyl/N-ethyl adjacent to an activating group) is 1. The summed E-state index contributed by atoms with van der Waals surface area (Å²) >= 11 is 1.63. The normalized spacial score (nSPS) is 13.0. The first-order valence-electron chi connectivity index (χ1n) is 5.72. The van der Waals surface area contributed by atoms with E-state index in [0.29, 0.717) is 11.9 Å². The van der Waals surface area contributed by atoms with Crippen LogP contribution in [0.2, 0.25) is 0 Å². The molecule has 1 aromatic rings. The molecular formula is C12H21N3OS. The van der Waals surface area contributed by atoms with Crippen LogP contribution < -0.4 is 15.0 Å². The monoisotopic (exact) mass is 255 g/mol. The van der Waals surface area contributed by atoms with E-state index in [9.17, 15) is 0 Å². The van der Waals surface area contributed by atoms with Crippen molar-refractivity contribution < 1.29 is 4.74 Å². The maximum atomic E-state index is 5.27. The van der Waals surface area contributed by atoms with Crippen molar-refractivity contribution in [2.75, 3.05) is 32.6 Å². The third-order valence-electron chi connectivity index (χ3n) is 2.25. The molecule has 1 N–H and O–H groups in total. The van der Waals surface area contributed by atoms with Gasteiger partial charge in [0.2, 0.25) is 5.88 Å². The Morgan fingerprint density at radius 3 is 2.76 bits per heavy atom. The van der Waals surface area contributed by atoms with Crippen LogP contribution in [0.4, 0.5) is 5.13 Å². The summed E-state index contributed by atoms with van der Waals surface area (Å²) in [6, 6.07) is 0.356. The van der Waals surface area contributed by atoms with Gasteiger partial charge in [0.25, 0.3) is 0 Å². The van der Waals surface area contributed by atoms with Gasteiger partial charge in [0.1, 0.15) is 0 Å². The minimum Gasteiger partial charge on any atom is -0.480 e. The van der Waals surface area contributed by atoms with E-state index in [1.165, 1.54) is 0 Å². The van der Waals surface area contributed by atoms with Crippen LogP contribution in [0.3, 0.4) is 0 Å². The summed E-state index contributed by atoms with van der Waals surface area (Å²) in [6.07, 6.45) is 4.19. The fraction of sp³-hybridized carbons (Fsp3) is 0.583. The molecule has 0 bridgehead atoms. The van der Waals surface area contributed by atoms with Crippen LogP contribution >= 0.6 is 11.3 Å². The number of ether oxygens (including phenoxy) is 1. The molecule has 0 aliphatic rings. The zero-order valence-electron chi connectivity index (χ0n) is 11.2. The molecule has 0 fully saturated rings. The standard InChI is InChI=1S/C12H21N3OS/c1-6-13-9(2)7-8-10-11(16-5)14-12(17-10)15(3)4/h7-9,13H,6H2,1-5H3/b8-7+. The largest absolute Gasteiger partial charge is 0.480 e. The zero-order chi connectivity index (χ0) is 12.8. The number of nitrogens with zero attached hydrogens (tertiary/aromatic N) is 2. The van der Waals surface area contributed by atoms with Gasteiger partial charge in [-0.2, -0.15) is 4.98 Å².